The van der Waals surface area contributed by atoms with Crippen LogP contribution in [0.4, 0.5) is 19.4 Å². The summed E-state index contributed by atoms with van der Waals surface area (Å²) in [7, 11) is 0. The van der Waals surface area contributed by atoms with Crippen LogP contribution in [0.15, 0.2) is 36.7 Å². The van der Waals surface area contributed by atoms with Crippen LogP contribution in [0.25, 0.3) is 11.3 Å². The van der Waals surface area contributed by atoms with Crippen LogP contribution in [-0.2, 0) is 4.74 Å². The Hall–Kier alpha value is -2.77. The zero-order valence-corrected chi connectivity index (χ0v) is 16.9. The third-order valence-corrected chi connectivity index (χ3v) is 4.66. The lowest BCUT2D eigenvalue weighted by molar-refractivity contribution is 0.0497. The highest BCUT2D eigenvalue weighted by Gasteiger charge is 2.24. The van der Waals surface area contributed by atoms with E-state index in [0.717, 1.165) is 12.8 Å². The molecular weight excluding hydrogens is 378 g/mol. The lowest BCUT2D eigenvalue weighted by atomic mass is 10.0. The lowest BCUT2D eigenvalue weighted by Crippen LogP contribution is -2.46. The molecule has 2 heterocycles. The standard InChI is InChI=1S/C21H26F2N4O2/c1-21(2,3)29-20(28)26-14-8-10-27(11-9-14)18-12-17(24-13-25-18)15-6-4-5-7-16(15)19(22)23/h4-7,12-14,19H,8-11H2,1-3H3,(H,26,28). The summed E-state index contributed by atoms with van der Waals surface area (Å²) in [5.41, 5.74) is 0.307. The van der Waals surface area contributed by atoms with Crippen molar-refractivity contribution in [1.82, 2.24) is 15.3 Å². The summed E-state index contributed by atoms with van der Waals surface area (Å²) in [5.74, 6) is 0.690. The van der Waals surface area contributed by atoms with Crippen molar-refractivity contribution in [2.45, 2.75) is 51.7 Å². The summed E-state index contributed by atoms with van der Waals surface area (Å²) in [6.07, 6.45) is -0.0979. The van der Waals surface area contributed by atoms with Crippen LogP contribution in [0.5, 0.6) is 0 Å². The summed E-state index contributed by atoms with van der Waals surface area (Å²) in [5, 5.41) is 2.90. The van der Waals surface area contributed by atoms with Crippen molar-refractivity contribution in [3.05, 3.63) is 42.2 Å². The topological polar surface area (TPSA) is 67.3 Å². The molecule has 0 radical (unpaired) electrons. The van der Waals surface area contributed by atoms with Crippen LogP contribution in [0, 0.1) is 0 Å². The van der Waals surface area contributed by atoms with Crippen molar-refractivity contribution in [2.24, 2.45) is 0 Å². The van der Waals surface area contributed by atoms with Crippen LogP contribution >= 0.6 is 0 Å². The Bertz CT molecular complexity index is 847. The number of alkyl halides is 2. The zero-order chi connectivity index (χ0) is 21.0. The summed E-state index contributed by atoms with van der Waals surface area (Å²) in [6, 6.07) is 8.14. The van der Waals surface area contributed by atoms with E-state index in [0.29, 0.717) is 30.2 Å². The molecule has 8 heteroatoms. The maximum Gasteiger partial charge on any atom is 0.407 e. The van der Waals surface area contributed by atoms with Crippen LogP contribution in [0.3, 0.4) is 0 Å². The molecule has 3 rings (SSSR count). The van der Waals surface area contributed by atoms with Crippen LogP contribution in [0.2, 0.25) is 0 Å². The van der Waals surface area contributed by atoms with Gasteiger partial charge in [-0.2, -0.15) is 0 Å². The quantitative estimate of drug-likeness (QED) is 0.808. The fraction of sp³-hybridized carbons (Fsp3) is 0.476. The summed E-state index contributed by atoms with van der Waals surface area (Å²) < 4.78 is 31.9. The Morgan fingerprint density at radius 1 is 1.21 bits per heavy atom. The molecule has 2 aromatic rings. The van der Waals surface area contributed by atoms with Crippen molar-refractivity contribution in [1.29, 1.82) is 0 Å². The van der Waals surface area contributed by atoms with Crippen LogP contribution < -0.4 is 10.2 Å². The van der Waals surface area contributed by atoms with E-state index in [9.17, 15) is 13.6 Å². The number of nitrogens with one attached hydrogen (secondary N) is 1. The predicted octanol–water partition coefficient (Wildman–Crippen LogP) is 4.57. The number of amides is 1. The molecule has 1 aliphatic rings. The molecule has 6 nitrogen and oxygen atoms in total. The molecule has 0 bridgehead atoms. The van der Waals surface area contributed by atoms with Crippen LogP contribution in [0.1, 0.15) is 45.6 Å². The normalized spacial score (nSPS) is 15.4. The van der Waals surface area contributed by atoms with Gasteiger partial charge in [0.15, 0.2) is 0 Å². The molecule has 1 fully saturated rings. The minimum Gasteiger partial charge on any atom is -0.444 e. The number of alkyl carbamates (subject to hydrolysis) is 1. The smallest absolute Gasteiger partial charge is 0.407 e. The molecule has 1 saturated heterocycles. The first kappa shape index (κ1) is 21.0. The van der Waals surface area contributed by atoms with Gasteiger partial charge in [-0.3, -0.25) is 0 Å². The van der Waals surface area contributed by atoms with E-state index in [1.807, 2.05) is 20.8 Å². The van der Waals surface area contributed by atoms with Crippen molar-refractivity contribution < 1.29 is 18.3 Å². The van der Waals surface area contributed by atoms with Gasteiger partial charge in [-0.15, -0.1) is 0 Å². The third kappa shape index (κ3) is 5.62. The molecule has 156 valence electrons. The molecule has 1 N–H and O–H groups in total. The van der Waals surface area contributed by atoms with Gasteiger partial charge in [-0.1, -0.05) is 24.3 Å². The molecule has 0 saturated carbocycles. The number of hydrogen-bond acceptors (Lipinski definition) is 5. The molecule has 1 amide bonds. The van der Waals surface area contributed by atoms with E-state index >= 15 is 0 Å². The average Bonchev–Trinajstić information content (AvgIpc) is 2.67. The number of hydrogen-bond donors (Lipinski definition) is 1. The van der Waals surface area contributed by atoms with Gasteiger partial charge < -0.3 is 15.0 Å². The van der Waals surface area contributed by atoms with Gasteiger partial charge in [0.1, 0.15) is 17.7 Å². The van der Waals surface area contributed by atoms with Gasteiger partial charge in [0.25, 0.3) is 6.43 Å². The number of nitrogens with zero attached hydrogens (tertiary/aromatic N) is 3. The van der Waals surface area contributed by atoms with Gasteiger partial charge in [0.2, 0.25) is 0 Å². The number of piperidine rings is 1. The second kappa shape index (κ2) is 8.71. The SMILES string of the molecule is CC(C)(C)OC(=O)NC1CCN(c2cc(-c3ccccc3C(F)F)ncn2)CC1. The molecule has 0 unspecified atom stereocenters. The number of carbonyl (C=O) groups is 1. The highest BCUT2D eigenvalue weighted by molar-refractivity contribution is 5.68. The van der Waals surface area contributed by atoms with Crippen LogP contribution in [-0.4, -0.2) is 40.8 Å². The number of carbonyl (C=O) groups excluding carboxylic acids is 1. The van der Waals surface area contributed by atoms with Gasteiger partial charge in [-0.05, 0) is 33.6 Å². The van der Waals surface area contributed by atoms with Crippen molar-refractivity contribution >= 4 is 11.9 Å². The second-order valence-corrected chi connectivity index (χ2v) is 8.06. The highest BCUT2D eigenvalue weighted by Crippen LogP contribution is 2.31. The minimum absolute atomic E-state index is 0.0296. The Morgan fingerprint density at radius 3 is 2.55 bits per heavy atom. The van der Waals surface area contributed by atoms with Gasteiger partial charge >= 0.3 is 6.09 Å². The Labute approximate surface area is 169 Å². The van der Waals surface area contributed by atoms with Crippen molar-refractivity contribution in [3.8, 4) is 11.3 Å². The molecule has 29 heavy (non-hydrogen) atoms. The summed E-state index contributed by atoms with van der Waals surface area (Å²) in [6.45, 7) is 6.86. The largest absolute Gasteiger partial charge is 0.444 e. The van der Waals surface area contributed by atoms with E-state index < -0.39 is 18.1 Å². The fourth-order valence-electron chi connectivity index (χ4n) is 3.31. The maximum atomic E-state index is 13.3. The van der Waals surface area contributed by atoms with Gasteiger partial charge in [-0.25, -0.2) is 23.5 Å². The maximum absolute atomic E-state index is 13.3. The number of aromatic nitrogens is 2. The number of benzene rings is 1. The first-order valence-electron chi connectivity index (χ1n) is 9.67. The van der Waals surface area contributed by atoms with Gasteiger partial charge in [0, 0.05) is 36.3 Å². The van der Waals surface area contributed by atoms with Crippen molar-refractivity contribution in [2.75, 3.05) is 18.0 Å². The predicted molar refractivity (Wildman–Crippen MR) is 107 cm³/mol. The van der Waals surface area contributed by atoms with Gasteiger partial charge in [0.05, 0.1) is 5.69 Å². The zero-order valence-electron chi connectivity index (χ0n) is 16.9. The second-order valence-electron chi connectivity index (χ2n) is 8.06. The summed E-state index contributed by atoms with van der Waals surface area (Å²) >= 11 is 0. The summed E-state index contributed by atoms with van der Waals surface area (Å²) in [4.78, 5) is 22.5. The van der Waals surface area contributed by atoms with E-state index in [1.165, 1.54) is 12.4 Å². The fourth-order valence-corrected chi connectivity index (χ4v) is 3.31. The lowest BCUT2D eigenvalue weighted by Gasteiger charge is -2.33. The van der Waals surface area contributed by atoms with Crippen molar-refractivity contribution in [3.63, 3.8) is 0 Å². The number of halogens is 2. The first-order chi connectivity index (χ1) is 13.7. The Kier molecular flexibility index (Phi) is 6.30. The monoisotopic (exact) mass is 404 g/mol. The minimum atomic E-state index is -2.57. The Morgan fingerprint density at radius 2 is 1.90 bits per heavy atom. The number of anilines is 1. The number of rotatable bonds is 4. The van der Waals surface area contributed by atoms with E-state index in [1.54, 1.807) is 24.3 Å². The molecule has 0 spiro atoms. The molecule has 0 aliphatic carbocycles. The Balaban J connectivity index is 1.65. The molecule has 1 aromatic carbocycles. The molecule has 0 atom stereocenters. The third-order valence-electron chi connectivity index (χ3n) is 4.66. The van der Waals surface area contributed by atoms with E-state index in [-0.39, 0.29) is 11.6 Å². The van der Waals surface area contributed by atoms with E-state index in [4.69, 9.17) is 4.74 Å². The number of ether oxygens (including phenoxy) is 1. The average molecular weight is 404 g/mol. The first-order valence-corrected chi connectivity index (χ1v) is 9.67. The van der Waals surface area contributed by atoms with E-state index in [2.05, 4.69) is 20.2 Å². The highest BCUT2D eigenvalue weighted by atomic mass is 19.3. The molecular formula is C21H26F2N4O2. The molecule has 1 aromatic heterocycles. The molecule has 1 aliphatic heterocycles.